The second-order valence-electron chi connectivity index (χ2n) is 6.73. The van der Waals surface area contributed by atoms with E-state index in [0.717, 1.165) is 49.7 Å². The summed E-state index contributed by atoms with van der Waals surface area (Å²) in [5.41, 5.74) is 2.33. The summed E-state index contributed by atoms with van der Waals surface area (Å²) in [6.45, 7) is 3.78. The minimum atomic E-state index is 0.0890. The number of nitrogens with one attached hydrogen (secondary N) is 1. The summed E-state index contributed by atoms with van der Waals surface area (Å²) in [6, 6.07) is 11.9. The van der Waals surface area contributed by atoms with Gasteiger partial charge in [0.25, 0.3) is 0 Å². The summed E-state index contributed by atoms with van der Waals surface area (Å²) < 4.78 is 5.46. The number of rotatable bonds is 8. The van der Waals surface area contributed by atoms with Crippen molar-refractivity contribution in [3.8, 4) is 0 Å². The monoisotopic (exact) mass is 387 g/mol. The van der Waals surface area contributed by atoms with Crippen molar-refractivity contribution in [3.05, 3.63) is 64.9 Å². The predicted octanol–water partition coefficient (Wildman–Crippen LogP) is 3.25. The van der Waals surface area contributed by atoms with Crippen LogP contribution >= 0.6 is 11.6 Å². The van der Waals surface area contributed by atoms with E-state index in [1.54, 1.807) is 6.20 Å². The van der Waals surface area contributed by atoms with E-state index >= 15 is 0 Å². The van der Waals surface area contributed by atoms with Gasteiger partial charge in [-0.3, -0.25) is 14.7 Å². The van der Waals surface area contributed by atoms with Crippen LogP contribution in [0.5, 0.6) is 0 Å². The van der Waals surface area contributed by atoms with E-state index in [0.29, 0.717) is 13.0 Å². The van der Waals surface area contributed by atoms with Gasteiger partial charge in [-0.25, -0.2) is 0 Å². The molecule has 1 aromatic heterocycles. The zero-order valence-corrected chi connectivity index (χ0v) is 16.2. The van der Waals surface area contributed by atoms with E-state index in [9.17, 15) is 4.79 Å². The molecular weight excluding hydrogens is 362 g/mol. The van der Waals surface area contributed by atoms with Gasteiger partial charge in [0.1, 0.15) is 0 Å². The van der Waals surface area contributed by atoms with Gasteiger partial charge in [-0.05, 0) is 42.2 Å². The second-order valence-corrected chi connectivity index (χ2v) is 7.17. The molecule has 2 aromatic rings. The van der Waals surface area contributed by atoms with E-state index in [1.807, 2.05) is 36.5 Å². The smallest absolute Gasteiger partial charge is 0.220 e. The van der Waals surface area contributed by atoms with Crippen LogP contribution in [0.4, 0.5) is 0 Å². The number of amides is 1. The van der Waals surface area contributed by atoms with Crippen LogP contribution in [-0.2, 0) is 16.0 Å². The van der Waals surface area contributed by atoms with E-state index in [1.165, 1.54) is 5.56 Å². The first-order valence-corrected chi connectivity index (χ1v) is 9.83. The highest BCUT2D eigenvalue weighted by atomic mass is 35.5. The lowest BCUT2D eigenvalue weighted by Gasteiger charge is -2.34. The summed E-state index contributed by atoms with van der Waals surface area (Å²) >= 11 is 5.90. The number of benzene rings is 1. The third kappa shape index (κ3) is 6.31. The molecule has 6 heteroatoms. The minimum absolute atomic E-state index is 0.0890. The van der Waals surface area contributed by atoms with Crippen molar-refractivity contribution < 1.29 is 9.53 Å². The van der Waals surface area contributed by atoms with Gasteiger partial charge in [0, 0.05) is 43.5 Å². The molecule has 1 fully saturated rings. The van der Waals surface area contributed by atoms with Crippen molar-refractivity contribution in [1.82, 2.24) is 15.2 Å². The minimum Gasteiger partial charge on any atom is -0.379 e. The fourth-order valence-corrected chi connectivity index (χ4v) is 3.45. The standard InChI is InChI=1S/C21H26ClN3O2/c22-19-8-6-17(7-9-19)3-1-5-21(26)24-16-20(18-4-2-10-23-15-18)25-11-13-27-14-12-25/h2,4,6-10,15,20H,1,3,5,11-14,16H2,(H,24,26). The quantitative estimate of drug-likeness (QED) is 0.755. The van der Waals surface area contributed by atoms with Gasteiger partial charge in [0.2, 0.25) is 5.91 Å². The zero-order chi connectivity index (χ0) is 18.9. The maximum atomic E-state index is 12.3. The Morgan fingerprint density at radius 1 is 1.22 bits per heavy atom. The highest BCUT2D eigenvalue weighted by molar-refractivity contribution is 6.30. The average molecular weight is 388 g/mol. The maximum Gasteiger partial charge on any atom is 0.220 e. The SMILES string of the molecule is O=C(CCCc1ccc(Cl)cc1)NCC(c1cccnc1)N1CCOCC1. The van der Waals surface area contributed by atoms with Crippen molar-refractivity contribution >= 4 is 17.5 Å². The Balaban J connectivity index is 1.48. The van der Waals surface area contributed by atoms with Gasteiger partial charge >= 0.3 is 0 Å². The molecule has 0 spiro atoms. The molecule has 1 unspecified atom stereocenters. The van der Waals surface area contributed by atoms with Crippen LogP contribution < -0.4 is 5.32 Å². The number of carbonyl (C=O) groups is 1. The van der Waals surface area contributed by atoms with Crippen LogP contribution in [0, 0.1) is 0 Å². The van der Waals surface area contributed by atoms with Crippen LogP contribution in [0.15, 0.2) is 48.8 Å². The number of halogens is 1. The van der Waals surface area contributed by atoms with E-state index < -0.39 is 0 Å². The Labute approximate surface area is 165 Å². The molecule has 0 bridgehead atoms. The Hall–Kier alpha value is -1.95. The van der Waals surface area contributed by atoms with Gasteiger partial charge in [0.15, 0.2) is 0 Å². The molecule has 0 aliphatic carbocycles. The van der Waals surface area contributed by atoms with Crippen LogP contribution in [0.2, 0.25) is 5.02 Å². The molecule has 1 aliphatic rings. The molecule has 2 heterocycles. The van der Waals surface area contributed by atoms with Gasteiger partial charge in [0.05, 0.1) is 19.3 Å². The van der Waals surface area contributed by atoms with Gasteiger partial charge in [-0.15, -0.1) is 0 Å². The first-order valence-electron chi connectivity index (χ1n) is 9.45. The molecule has 1 N–H and O–H groups in total. The Kier molecular flexibility index (Phi) is 7.63. The number of carbonyl (C=O) groups excluding carboxylic acids is 1. The van der Waals surface area contributed by atoms with Gasteiger partial charge in [-0.2, -0.15) is 0 Å². The molecular formula is C21H26ClN3O2. The van der Waals surface area contributed by atoms with E-state index in [2.05, 4.69) is 21.3 Å². The Bertz CT molecular complexity index is 703. The fourth-order valence-electron chi connectivity index (χ4n) is 3.32. The topological polar surface area (TPSA) is 54.5 Å². The van der Waals surface area contributed by atoms with E-state index in [-0.39, 0.29) is 11.9 Å². The lowest BCUT2D eigenvalue weighted by Crippen LogP contribution is -2.43. The highest BCUT2D eigenvalue weighted by Gasteiger charge is 2.23. The molecule has 27 heavy (non-hydrogen) atoms. The van der Waals surface area contributed by atoms with Gasteiger partial charge < -0.3 is 10.1 Å². The number of hydrogen-bond donors (Lipinski definition) is 1. The third-order valence-electron chi connectivity index (χ3n) is 4.83. The molecule has 144 valence electrons. The molecule has 0 radical (unpaired) electrons. The largest absolute Gasteiger partial charge is 0.379 e. The van der Waals surface area contributed by atoms with Crippen LogP contribution in [0.3, 0.4) is 0 Å². The predicted molar refractivity (Wildman–Crippen MR) is 107 cm³/mol. The normalized spacial score (nSPS) is 16.0. The molecule has 1 aliphatic heterocycles. The molecule has 1 atom stereocenters. The van der Waals surface area contributed by atoms with Crippen molar-refractivity contribution in [2.24, 2.45) is 0 Å². The summed E-state index contributed by atoms with van der Waals surface area (Å²) in [5.74, 6) is 0.0890. The van der Waals surface area contributed by atoms with Crippen molar-refractivity contribution in [2.75, 3.05) is 32.8 Å². The van der Waals surface area contributed by atoms with Crippen LogP contribution in [0.1, 0.15) is 30.0 Å². The zero-order valence-electron chi connectivity index (χ0n) is 15.4. The van der Waals surface area contributed by atoms with Crippen molar-refractivity contribution in [1.29, 1.82) is 0 Å². The number of ether oxygens (including phenoxy) is 1. The molecule has 5 nitrogen and oxygen atoms in total. The van der Waals surface area contributed by atoms with Crippen molar-refractivity contribution in [3.63, 3.8) is 0 Å². The van der Waals surface area contributed by atoms with Crippen LogP contribution in [-0.4, -0.2) is 48.6 Å². The van der Waals surface area contributed by atoms with Crippen LogP contribution in [0.25, 0.3) is 0 Å². The first kappa shape index (κ1) is 19.8. The maximum absolute atomic E-state index is 12.3. The molecule has 1 saturated heterocycles. The summed E-state index contributed by atoms with van der Waals surface area (Å²) in [5, 5.41) is 3.84. The Morgan fingerprint density at radius 2 is 2.00 bits per heavy atom. The van der Waals surface area contributed by atoms with E-state index in [4.69, 9.17) is 16.3 Å². The number of hydrogen-bond acceptors (Lipinski definition) is 4. The second kappa shape index (κ2) is 10.4. The number of nitrogens with zero attached hydrogens (tertiary/aromatic N) is 2. The number of pyridine rings is 1. The summed E-state index contributed by atoms with van der Waals surface area (Å²) in [4.78, 5) is 18.9. The fraction of sp³-hybridized carbons (Fsp3) is 0.429. The average Bonchev–Trinajstić information content (AvgIpc) is 2.71. The van der Waals surface area contributed by atoms with Gasteiger partial charge in [-0.1, -0.05) is 29.8 Å². The highest BCUT2D eigenvalue weighted by Crippen LogP contribution is 2.20. The third-order valence-corrected chi connectivity index (χ3v) is 5.08. The summed E-state index contributed by atoms with van der Waals surface area (Å²) in [7, 11) is 0. The molecule has 1 aromatic carbocycles. The first-order chi connectivity index (χ1) is 13.2. The van der Waals surface area contributed by atoms with Crippen molar-refractivity contribution in [2.45, 2.75) is 25.3 Å². The molecule has 0 saturated carbocycles. The summed E-state index contributed by atoms with van der Waals surface area (Å²) in [6.07, 6.45) is 5.87. The number of aromatic nitrogens is 1. The lowest BCUT2D eigenvalue weighted by atomic mass is 10.1. The number of morpholine rings is 1. The molecule has 1 amide bonds. The molecule has 3 rings (SSSR count). The lowest BCUT2D eigenvalue weighted by molar-refractivity contribution is -0.121. The Morgan fingerprint density at radius 3 is 2.70 bits per heavy atom. The number of aryl methyl sites for hydroxylation is 1.